The van der Waals surface area contributed by atoms with E-state index in [1.807, 2.05) is 36.8 Å². The molecule has 3 aromatic heterocycles. The number of hydrogen-bond acceptors (Lipinski definition) is 2. The van der Waals surface area contributed by atoms with E-state index in [-0.39, 0.29) is 11.1 Å². The van der Waals surface area contributed by atoms with E-state index in [9.17, 15) is 0 Å². The first-order valence-electron chi connectivity index (χ1n) is 9.03. The van der Waals surface area contributed by atoms with Crippen LogP contribution in [0.1, 0.15) is 41.5 Å². The molecule has 0 radical (unpaired) electrons. The maximum atomic E-state index is 4.37. The smallest absolute Gasteiger partial charge is 0.140 e. The second-order valence-corrected chi connectivity index (χ2v) is 8.55. The van der Waals surface area contributed by atoms with Crippen molar-refractivity contribution in [1.82, 2.24) is 19.1 Å². The number of imidazole rings is 1. The van der Waals surface area contributed by atoms with Crippen molar-refractivity contribution in [1.29, 1.82) is 0 Å². The van der Waals surface area contributed by atoms with Gasteiger partial charge < -0.3 is 9.13 Å². The summed E-state index contributed by atoms with van der Waals surface area (Å²) in [5.41, 5.74) is 3.55. The summed E-state index contributed by atoms with van der Waals surface area (Å²) in [7, 11) is 0. The minimum atomic E-state index is 0.107. The van der Waals surface area contributed by atoms with Gasteiger partial charge in [-0.3, -0.25) is 0 Å². The fourth-order valence-electron chi connectivity index (χ4n) is 3.00. The Kier molecular flexibility index (Phi) is 4.61. The van der Waals surface area contributed by atoms with Gasteiger partial charge in [0.2, 0.25) is 0 Å². The number of pyridine rings is 1. The van der Waals surface area contributed by atoms with E-state index in [2.05, 4.69) is 85.0 Å². The molecular formula is C22H28N4. The third kappa shape index (κ3) is 3.64. The van der Waals surface area contributed by atoms with E-state index in [1.165, 1.54) is 10.9 Å². The van der Waals surface area contributed by atoms with Crippen LogP contribution in [0.3, 0.4) is 0 Å². The zero-order chi connectivity index (χ0) is 18.9. The Morgan fingerprint density at radius 3 is 2.12 bits per heavy atom. The number of hydrogen-bond donors (Lipinski definition) is 0. The molecule has 0 bridgehead atoms. The molecule has 4 rings (SSSR count). The molecule has 136 valence electrons. The van der Waals surface area contributed by atoms with Crippen molar-refractivity contribution in [3.63, 3.8) is 0 Å². The maximum absolute atomic E-state index is 4.37. The molecule has 0 saturated heterocycles. The van der Waals surface area contributed by atoms with Gasteiger partial charge in [0.05, 0.1) is 17.4 Å². The zero-order valence-electron chi connectivity index (χ0n) is 16.6. The lowest BCUT2D eigenvalue weighted by Crippen LogP contribution is -2.20. The SMILES string of the molecule is CC(C)(C)n1ccc2cccnc21.CC(C)(C)n1cnc2ccccc21. The van der Waals surface area contributed by atoms with Crippen LogP contribution in [0.15, 0.2) is 61.2 Å². The highest BCUT2D eigenvalue weighted by Gasteiger charge is 2.15. The van der Waals surface area contributed by atoms with Gasteiger partial charge in [0, 0.05) is 28.9 Å². The number of aromatic nitrogens is 4. The predicted octanol–water partition coefficient (Wildman–Crippen LogP) is 5.58. The zero-order valence-corrected chi connectivity index (χ0v) is 16.6. The second-order valence-electron chi connectivity index (χ2n) is 8.55. The lowest BCUT2D eigenvalue weighted by atomic mass is 10.1. The van der Waals surface area contributed by atoms with Crippen LogP contribution in [-0.2, 0) is 11.1 Å². The minimum absolute atomic E-state index is 0.107. The van der Waals surface area contributed by atoms with Gasteiger partial charge in [-0.25, -0.2) is 9.97 Å². The standard InChI is InChI=1S/2C11H14N2/c1-11(2,3)13-8-6-9-5-4-7-12-10(9)13;1-11(2,3)13-8-12-9-6-4-5-7-10(9)13/h2*4-8H,1-3H3. The summed E-state index contributed by atoms with van der Waals surface area (Å²) in [6.07, 6.45) is 5.84. The maximum Gasteiger partial charge on any atom is 0.140 e. The van der Waals surface area contributed by atoms with Crippen LogP contribution in [0.5, 0.6) is 0 Å². The van der Waals surface area contributed by atoms with Crippen LogP contribution in [0, 0.1) is 0 Å². The van der Waals surface area contributed by atoms with Gasteiger partial charge in [-0.15, -0.1) is 0 Å². The highest BCUT2D eigenvalue weighted by Crippen LogP contribution is 2.22. The number of para-hydroxylation sites is 2. The fraction of sp³-hybridized carbons (Fsp3) is 0.364. The van der Waals surface area contributed by atoms with Crippen LogP contribution in [0.4, 0.5) is 0 Å². The second kappa shape index (κ2) is 6.60. The van der Waals surface area contributed by atoms with Gasteiger partial charge in [0.15, 0.2) is 0 Å². The van der Waals surface area contributed by atoms with Crippen LogP contribution in [-0.4, -0.2) is 19.1 Å². The Morgan fingerprint density at radius 1 is 0.731 bits per heavy atom. The van der Waals surface area contributed by atoms with Crippen LogP contribution in [0.25, 0.3) is 22.1 Å². The quantitative estimate of drug-likeness (QED) is 0.416. The van der Waals surface area contributed by atoms with Gasteiger partial charge in [-0.1, -0.05) is 12.1 Å². The van der Waals surface area contributed by atoms with E-state index < -0.39 is 0 Å². The Balaban J connectivity index is 0.000000151. The third-order valence-corrected chi connectivity index (χ3v) is 4.35. The molecule has 0 amide bonds. The predicted molar refractivity (Wildman–Crippen MR) is 109 cm³/mol. The summed E-state index contributed by atoms with van der Waals surface area (Å²) in [5.74, 6) is 0. The van der Waals surface area contributed by atoms with Gasteiger partial charge in [-0.2, -0.15) is 0 Å². The van der Waals surface area contributed by atoms with Crippen molar-refractivity contribution in [3.05, 3.63) is 61.2 Å². The molecule has 0 fully saturated rings. The van der Waals surface area contributed by atoms with Crippen molar-refractivity contribution >= 4 is 22.1 Å². The Morgan fingerprint density at radius 2 is 1.42 bits per heavy atom. The molecule has 0 spiro atoms. The van der Waals surface area contributed by atoms with E-state index in [1.54, 1.807) is 0 Å². The Labute approximate surface area is 155 Å². The van der Waals surface area contributed by atoms with E-state index in [4.69, 9.17) is 0 Å². The number of fused-ring (bicyclic) bond motifs is 2. The van der Waals surface area contributed by atoms with E-state index >= 15 is 0 Å². The Hall–Kier alpha value is -2.62. The van der Waals surface area contributed by atoms with Crippen molar-refractivity contribution in [2.45, 2.75) is 52.6 Å². The summed E-state index contributed by atoms with van der Waals surface area (Å²) < 4.78 is 4.39. The minimum Gasteiger partial charge on any atom is -0.327 e. The number of nitrogens with zero attached hydrogens (tertiary/aromatic N) is 4. The van der Waals surface area contributed by atoms with Gasteiger partial charge >= 0.3 is 0 Å². The van der Waals surface area contributed by atoms with Crippen molar-refractivity contribution in [2.75, 3.05) is 0 Å². The first kappa shape index (κ1) is 18.2. The number of benzene rings is 1. The van der Waals surface area contributed by atoms with Crippen LogP contribution in [0.2, 0.25) is 0 Å². The monoisotopic (exact) mass is 348 g/mol. The average molecular weight is 348 g/mol. The molecule has 0 saturated carbocycles. The molecule has 0 aliphatic rings. The van der Waals surface area contributed by atoms with Crippen LogP contribution >= 0.6 is 0 Å². The molecule has 0 aliphatic carbocycles. The lowest BCUT2D eigenvalue weighted by molar-refractivity contribution is 0.408. The molecule has 4 heteroatoms. The topological polar surface area (TPSA) is 35.6 Å². The molecule has 4 nitrogen and oxygen atoms in total. The fourth-order valence-corrected chi connectivity index (χ4v) is 3.00. The number of rotatable bonds is 0. The van der Waals surface area contributed by atoms with E-state index in [0.717, 1.165) is 11.2 Å². The van der Waals surface area contributed by atoms with Crippen molar-refractivity contribution in [3.8, 4) is 0 Å². The molecule has 4 aromatic rings. The summed E-state index contributed by atoms with van der Waals surface area (Å²) in [6, 6.07) is 14.4. The molecule has 0 unspecified atom stereocenters. The first-order valence-corrected chi connectivity index (χ1v) is 9.03. The molecule has 1 aromatic carbocycles. The summed E-state index contributed by atoms with van der Waals surface area (Å²) >= 11 is 0. The van der Waals surface area contributed by atoms with Gasteiger partial charge in [0.25, 0.3) is 0 Å². The van der Waals surface area contributed by atoms with Gasteiger partial charge in [0.1, 0.15) is 5.65 Å². The first-order chi connectivity index (χ1) is 12.2. The summed E-state index contributed by atoms with van der Waals surface area (Å²) in [4.78, 5) is 8.72. The average Bonchev–Trinajstić information content (AvgIpc) is 3.19. The summed E-state index contributed by atoms with van der Waals surface area (Å²) in [6.45, 7) is 13.1. The van der Waals surface area contributed by atoms with E-state index in [0.29, 0.717) is 0 Å². The largest absolute Gasteiger partial charge is 0.327 e. The lowest BCUT2D eigenvalue weighted by Gasteiger charge is -2.21. The molecule has 0 atom stereocenters. The van der Waals surface area contributed by atoms with Crippen molar-refractivity contribution < 1.29 is 0 Å². The molecule has 0 aliphatic heterocycles. The molecule has 26 heavy (non-hydrogen) atoms. The van der Waals surface area contributed by atoms with Gasteiger partial charge in [-0.05, 0) is 71.9 Å². The molecular weight excluding hydrogens is 320 g/mol. The highest BCUT2D eigenvalue weighted by atomic mass is 15.1. The summed E-state index contributed by atoms with van der Waals surface area (Å²) in [5, 5.41) is 1.21. The molecule has 3 heterocycles. The highest BCUT2D eigenvalue weighted by molar-refractivity contribution is 5.76. The normalized spacial score (nSPS) is 12.2. The van der Waals surface area contributed by atoms with Crippen molar-refractivity contribution in [2.24, 2.45) is 0 Å². The molecule has 0 N–H and O–H groups in total. The van der Waals surface area contributed by atoms with Crippen LogP contribution < -0.4 is 0 Å². The Bertz CT molecular complexity index is 926. The third-order valence-electron chi connectivity index (χ3n) is 4.35.